The third-order valence-corrected chi connectivity index (χ3v) is 2.91. The van der Waals surface area contributed by atoms with Crippen molar-refractivity contribution in [2.75, 3.05) is 7.11 Å². The number of methoxy groups -OCH3 is 1. The summed E-state index contributed by atoms with van der Waals surface area (Å²) in [5.74, 6) is 3.26. The molecule has 0 aromatic heterocycles. The summed E-state index contributed by atoms with van der Waals surface area (Å²) in [6.45, 7) is 0. The molecule has 0 saturated carbocycles. The normalized spacial score (nSPS) is 12.2. The second-order valence-corrected chi connectivity index (χ2v) is 4.17. The number of benzene rings is 2. The fourth-order valence-electron chi connectivity index (χ4n) is 2.02. The van der Waals surface area contributed by atoms with Crippen molar-refractivity contribution < 1.29 is 17.9 Å². The molecule has 0 aliphatic carbocycles. The summed E-state index contributed by atoms with van der Waals surface area (Å²) in [6, 6.07) is 6.49. The van der Waals surface area contributed by atoms with Crippen molar-refractivity contribution in [2.45, 2.75) is 6.04 Å². The van der Waals surface area contributed by atoms with E-state index >= 15 is 0 Å². The standard InChI is InChI=1S/C14H13F3N2O/c1-20-12-4-2-3-11(13(12)17)14(19-18)8-5-9(15)7-10(16)6-8/h2-7,14,19H,18H2,1H3. The van der Waals surface area contributed by atoms with E-state index in [1.54, 1.807) is 6.07 Å². The summed E-state index contributed by atoms with van der Waals surface area (Å²) in [6.07, 6.45) is 0. The van der Waals surface area contributed by atoms with Gasteiger partial charge in [-0.25, -0.2) is 18.6 Å². The Kier molecular flexibility index (Phi) is 4.26. The van der Waals surface area contributed by atoms with Gasteiger partial charge in [0, 0.05) is 11.6 Å². The molecule has 2 aromatic carbocycles. The second-order valence-electron chi connectivity index (χ2n) is 4.17. The van der Waals surface area contributed by atoms with E-state index in [9.17, 15) is 13.2 Å². The molecule has 2 aromatic rings. The predicted octanol–water partition coefficient (Wildman–Crippen LogP) is 2.67. The molecular weight excluding hydrogens is 269 g/mol. The third-order valence-electron chi connectivity index (χ3n) is 2.91. The van der Waals surface area contributed by atoms with Crippen molar-refractivity contribution in [3.8, 4) is 5.75 Å². The smallest absolute Gasteiger partial charge is 0.170 e. The van der Waals surface area contributed by atoms with Crippen LogP contribution in [-0.4, -0.2) is 7.11 Å². The summed E-state index contributed by atoms with van der Waals surface area (Å²) in [7, 11) is 1.33. The molecule has 0 fully saturated rings. The quantitative estimate of drug-likeness (QED) is 0.669. The van der Waals surface area contributed by atoms with Crippen molar-refractivity contribution in [1.29, 1.82) is 0 Å². The lowest BCUT2D eigenvalue weighted by atomic mass is 9.98. The SMILES string of the molecule is COc1cccc(C(NN)c2cc(F)cc(F)c2)c1F. The van der Waals surface area contributed by atoms with E-state index < -0.39 is 23.5 Å². The first-order chi connectivity index (χ1) is 9.56. The lowest BCUT2D eigenvalue weighted by Gasteiger charge is -2.18. The molecule has 0 saturated heterocycles. The van der Waals surface area contributed by atoms with Crippen LogP contribution in [-0.2, 0) is 0 Å². The Morgan fingerprint density at radius 2 is 1.75 bits per heavy atom. The van der Waals surface area contributed by atoms with Gasteiger partial charge in [0.1, 0.15) is 11.6 Å². The highest BCUT2D eigenvalue weighted by Crippen LogP contribution is 2.29. The van der Waals surface area contributed by atoms with Crippen molar-refractivity contribution in [3.63, 3.8) is 0 Å². The number of hydrazine groups is 1. The Labute approximate surface area is 114 Å². The van der Waals surface area contributed by atoms with Gasteiger partial charge in [-0.05, 0) is 23.8 Å². The van der Waals surface area contributed by atoms with Gasteiger partial charge in [0.2, 0.25) is 0 Å². The molecule has 20 heavy (non-hydrogen) atoms. The number of ether oxygens (including phenoxy) is 1. The predicted molar refractivity (Wildman–Crippen MR) is 68.5 cm³/mol. The van der Waals surface area contributed by atoms with Crippen LogP contribution >= 0.6 is 0 Å². The van der Waals surface area contributed by atoms with Gasteiger partial charge in [-0.2, -0.15) is 0 Å². The van der Waals surface area contributed by atoms with E-state index in [1.165, 1.54) is 19.2 Å². The first kappa shape index (κ1) is 14.4. The molecule has 0 amide bonds. The molecule has 0 aliphatic heterocycles. The summed E-state index contributed by atoms with van der Waals surface area (Å²) in [4.78, 5) is 0. The van der Waals surface area contributed by atoms with Crippen LogP contribution < -0.4 is 16.0 Å². The molecule has 3 nitrogen and oxygen atoms in total. The third kappa shape index (κ3) is 2.76. The molecular formula is C14H13F3N2O. The monoisotopic (exact) mass is 282 g/mol. The van der Waals surface area contributed by atoms with Crippen molar-refractivity contribution in [1.82, 2.24) is 5.43 Å². The molecule has 6 heteroatoms. The van der Waals surface area contributed by atoms with Crippen molar-refractivity contribution >= 4 is 0 Å². The van der Waals surface area contributed by atoms with Crippen LogP contribution in [0.25, 0.3) is 0 Å². The Balaban J connectivity index is 2.52. The Morgan fingerprint density at radius 3 is 2.30 bits per heavy atom. The van der Waals surface area contributed by atoms with Gasteiger partial charge in [0.05, 0.1) is 13.2 Å². The molecule has 0 heterocycles. The summed E-state index contributed by atoms with van der Waals surface area (Å²) in [5.41, 5.74) is 2.67. The summed E-state index contributed by atoms with van der Waals surface area (Å²) < 4.78 is 45.6. The highest BCUT2D eigenvalue weighted by atomic mass is 19.1. The number of nitrogens with two attached hydrogens (primary N) is 1. The fourth-order valence-corrected chi connectivity index (χ4v) is 2.02. The van der Waals surface area contributed by atoms with Gasteiger partial charge in [-0.3, -0.25) is 5.84 Å². The minimum Gasteiger partial charge on any atom is -0.494 e. The average Bonchev–Trinajstić information content (AvgIpc) is 2.40. The zero-order valence-electron chi connectivity index (χ0n) is 10.7. The molecule has 0 radical (unpaired) electrons. The minimum absolute atomic E-state index is 0.0274. The number of hydrogen-bond donors (Lipinski definition) is 2. The molecule has 3 N–H and O–H groups in total. The number of nitrogens with one attached hydrogen (secondary N) is 1. The summed E-state index contributed by atoms with van der Waals surface area (Å²) in [5, 5.41) is 0. The number of rotatable bonds is 4. The van der Waals surface area contributed by atoms with Gasteiger partial charge in [0.15, 0.2) is 11.6 Å². The Bertz CT molecular complexity index is 599. The Hall–Kier alpha value is -2.05. The van der Waals surface area contributed by atoms with Crippen molar-refractivity contribution in [2.24, 2.45) is 5.84 Å². The van der Waals surface area contributed by atoms with Gasteiger partial charge < -0.3 is 4.74 Å². The maximum Gasteiger partial charge on any atom is 0.170 e. The minimum atomic E-state index is -0.893. The van der Waals surface area contributed by atoms with Crippen LogP contribution in [0.4, 0.5) is 13.2 Å². The van der Waals surface area contributed by atoms with Gasteiger partial charge in [-0.15, -0.1) is 0 Å². The maximum atomic E-state index is 14.2. The first-order valence-corrected chi connectivity index (χ1v) is 5.81. The average molecular weight is 282 g/mol. The van der Waals surface area contributed by atoms with E-state index in [-0.39, 0.29) is 16.9 Å². The molecule has 0 aliphatic rings. The fraction of sp³-hybridized carbons (Fsp3) is 0.143. The maximum absolute atomic E-state index is 14.2. The van der Waals surface area contributed by atoms with Crippen LogP contribution in [0.3, 0.4) is 0 Å². The van der Waals surface area contributed by atoms with E-state index in [0.717, 1.165) is 18.2 Å². The van der Waals surface area contributed by atoms with Crippen molar-refractivity contribution in [3.05, 3.63) is 65.0 Å². The zero-order chi connectivity index (χ0) is 14.7. The first-order valence-electron chi connectivity index (χ1n) is 5.81. The van der Waals surface area contributed by atoms with Crippen LogP contribution in [0.15, 0.2) is 36.4 Å². The molecule has 2 rings (SSSR count). The van der Waals surface area contributed by atoms with E-state index in [0.29, 0.717) is 0 Å². The van der Waals surface area contributed by atoms with Gasteiger partial charge >= 0.3 is 0 Å². The molecule has 0 spiro atoms. The molecule has 0 bridgehead atoms. The summed E-state index contributed by atoms with van der Waals surface area (Å²) >= 11 is 0. The zero-order valence-corrected chi connectivity index (χ0v) is 10.7. The number of hydrogen-bond acceptors (Lipinski definition) is 3. The van der Waals surface area contributed by atoms with Crippen LogP contribution in [0, 0.1) is 17.5 Å². The second kappa shape index (κ2) is 5.94. The molecule has 106 valence electrons. The largest absolute Gasteiger partial charge is 0.494 e. The Morgan fingerprint density at radius 1 is 1.10 bits per heavy atom. The van der Waals surface area contributed by atoms with E-state index in [4.69, 9.17) is 10.6 Å². The molecule has 1 atom stereocenters. The van der Waals surface area contributed by atoms with Crippen LogP contribution in [0.1, 0.15) is 17.2 Å². The van der Waals surface area contributed by atoms with E-state index in [2.05, 4.69) is 5.43 Å². The highest BCUT2D eigenvalue weighted by Gasteiger charge is 2.20. The van der Waals surface area contributed by atoms with Gasteiger partial charge in [0.25, 0.3) is 0 Å². The number of halogens is 3. The van der Waals surface area contributed by atoms with Gasteiger partial charge in [-0.1, -0.05) is 12.1 Å². The van der Waals surface area contributed by atoms with E-state index in [1.807, 2.05) is 0 Å². The lowest BCUT2D eigenvalue weighted by molar-refractivity contribution is 0.381. The topological polar surface area (TPSA) is 47.3 Å². The highest BCUT2D eigenvalue weighted by molar-refractivity contribution is 5.38. The van der Waals surface area contributed by atoms with Crippen LogP contribution in [0.2, 0.25) is 0 Å². The molecule has 1 unspecified atom stereocenters. The van der Waals surface area contributed by atoms with Crippen LogP contribution in [0.5, 0.6) is 5.75 Å². The lowest BCUT2D eigenvalue weighted by Crippen LogP contribution is -2.29.